The molecule has 0 heterocycles. The van der Waals surface area contributed by atoms with Crippen LogP contribution in [0.25, 0.3) is 0 Å². The molecule has 0 amide bonds. The van der Waals surface area contributed by atoms with E-state index in [9.17, 15) is 4.79 Å². The van der Waals surface area contributed by atoms with E-state index in [1.165, 1.54) is 11.1 Å². The van der Waals surface area contributed by atoms with Crippen molar-refractivity contribution in [2.45, 2.75) is 20.4 Å². The highest BCUT2D eigenvalue weighted by Crippen LogP contribution is 2.17. The fraction of sp³-hybridized carbons (Fsp3) is 0.235. The van der Waals surface area contributed by atoms with Gasteiger partial charge >= 0.3 is 0 Å². The molecule has 0 fully saturated rings. The molecule has 2 aromatic carbocycles. The van der Waals surface area contributed by atoms with Crippen molar-refractivity contribution in [1.29, 1.82) is 0 Å². The highest BCUT2D eigenvalue weighted by molar-refractivity contribution is 5.75. The maximum atomic E-state index is 10.7. The van der Waals surface area contributed by atoms with Gasteiger partial charge in [0.15, 0.2) is 0 Å². The molecule has 0 aromatic heterocycles. The Morgan fingerprint density at radius 1 is 1.00 bits per heavy atom. The molecule has 2 rings (SSSR count). The van der Waals surface area contributed by atoms with Crippen molar-refractivity contribution in [2.24, 2.45) is 0 Å². The summed E-state index contributed by atoms with van der Waals surface area (Å²) in [6.45, 7) is 6.06. The number of carbonyl (C=O) groups excluding carboxylic acids is 1. The van der Waals surface area contributed by atoms with Gasteiger partial charge in [0, 0.05) is 24.3 Å². The number of carbonyl (C=O) groups is 1. The quantitative estimate of drug-likeness (QED) is 0.755. The van der Waals surface area contributed by atoms with Crippen LogP contribution in [0.3, 0.4) is 0 Å². The molecule has 19 heavy (non-hydrogen) atoms. The van der Waals surface area contributed by atoms with Gasteiger partial charge in [-0.25, -0.2) is 0 Å². The summed E-state index contributed by atoms with van der Waals surface area (Å²) in [6, 6.07) is 16.3. The molecule has 0 aliphatic heterocycles. The average molecular weight is 253 g/mol. The summed E-state index contributed by atoms with van der Waals surface area (Å²) in [5.41, 5.74) is 4.44. The number of aryl methyl sites for hydroxylation is 1. The molecule has 98 valence electrons. The van der Waals surface area contributed by atoms with Crippen LogP contribution in [0.5, 0.6) is 0 Å². The van der Waals surface area contributed by atoms with Gasteiger partial charge in [-0.05, 0) is 43.7 Å². The Morgan fingerprint density at radius 2 is 1.63 bits per heavy atom. The zero-order chi connectivity index (χ0) is 13.7. The number of anilines is 1. The first-order valence-corrected chi connectivity index (χ1v) is 6.58. The Hall–Kier alpha value is -2.09. The third kappa shape index (κ3) is 3.44. The summed E-state index contributed by atoms with van der Waals surface area (Å²) in [4.78, 5) is 13.0. The highest BCUT2D eigenvalue weighted by Gasteiger charge is 2.05. The van der Waals surface area contributed by atoms with Crippen molar-refractivity contribution in [3.8, 4) is 0 Å². The Kier molecular flexibility index (Phi) is 4.35. The van der Waals surface area contributed by atoms with Gasteiger partial charge in [0.2, 0.25) is 0 Å². The molecular weight excluding hydrogens is 234 g/mol. The fourth-order valence-corrected chi connectivity index (χ4v) is 2.06. The van der Waals surface area contributed by atoms with Gasteiger partial charge in [-0.3, -0.25) is 4.79 Å². The van der Waals surface area contributed by atoms with Crippen LogP contribution >= 0.6 is 0 Å². The molecule has 2 heteroatoms. The molecule has 0 atom stereocenters. The third-order valence-corrected chi connectivity index (χ3v) is 3.27. The number of hydrogen-bond donors (Lipinski definition) is 0. The van der Waals surface area contributed by atoms with Crippen molar-refractivity contribution in [1.82, 2.24) is 0 Å². The first-order chi connectivity index (χ1) is 9.22. The topological polar surface area (TPSA) is 20.3 Å². The molecule has 0 saturated carbocycles. The monoisotopic (exact) mass is 253 g/mol. The summed E-state index contributed by atoms with van der Waals surface area (Å²) in [5.74, 6) is 0. The number of nitrogens with zero attached hydrogens (tertiary/aromatic N) is 1. The summed E-state index contributed by atoms with van der Waals surface area (Å²) in [5, 5.41) is 0. The zero-order valence-electron chi connectivity index (χ0n) is 11.5. The second kappa shape index (κ2) is 6.19. The van der Waals surface area contributed by atoms with Crippen molar-refractivity contribution < 1.29 is 4.79 Å². The minimum Gasteiger partial charge on any atom is -0.367 e. The zero-order valence-corrected chi connectivity index (χ0v) is 11.5. The van der Waals surface area contributed by atoms with Crippen LogP contribution in [0.4, 0.5) is 5.69 Å². The van der Waals surface area contributed by atoms with Gasteiger partial charge in [0.05, 0.1) is 0 Å². The second-order valence-electron chi connectivity index (χ2n) is 4.71. The molecule has 0 aliphatic rings. The lowest BCUT2D eigenvalue weighted by Crippen LogP contribution is -2.21. The van der Waals surface area contributed by atoms with Crippen LogP contribution in [0, 0.1) is 6.92 Å². The van der Waals surface area contributed by atoms with Gasteiger partial charge in [-0.2, -0.15) is 0 Å². The summed E-state index contributed by atoms with van der Waals surface area (Å²) in [6.07, 6.45) is 0.875. The highest BCUT2D eigenvalue weighted by atomic mass is 16.1. The van der Waals surface area contributed by atoms with Crippen molar-refractivity contribution in [2.75, 3.05) is 11.4 Å². The molecular formula is C17H19NO. The number of hydrogen-bond acceptors (Lipinski definition) is 2. The van der Waals surface area contributed by atoms with E-state index < -0.39 is 0 Å². The third-order valence-electron chi connectivity index (χ3n) is 3.27. The Balaban J connectivity index is 2.14. The van der Waals surface area contributed by atoms with E-state index in [0.29, 0.717) is 0 Å². The van der Waals surface area contributed by atoms with Gasteiger partial charge in [0.1, 0.15) is 6.29 Å². The molecule has 0 N–H and O–H groups in total. The van der Waals surface area contributed by atoms with E-state index in [1.807, 2.05) is 24.3 Å². The van der Waals surface area contributed by atoms with Gasteiger partial charge in [-0.15, -0.1) is 0 Å². The van der Waals surface area contributed by atoms with Crippen LogP contribution in [0.1, 0.15) is 28.4 Å². The molecule has 0 saturated heterocycles. The van der Waals surface area contributed by atoms with Gasteiger partial charge < -0.3 is 4.90 Å². The maximum Gasteiger partial charge on any atom is 0.150 e. The predicted molar refractivity (Wildman–Crippen MR) is 79.7 cm³/mol. The number of rotatable bonds is 5. The Labute approximate surface area is 114 Å². The van der Waals surface area contributed by atoms with Crippen LogP contribution in [0.15, 0.2) is 48.5 Å². The molecule has 2 nitrogen and oxygen atoms in total. The molecule has 0 unspecified atom stereocenters. The lowest BCUT2D eigenvalue weighted by molar-refractivity contribution is 0.112. The largest absolute Gasteiger partial charge is 0.367 e. The average Bonchev–Trinajstić information content (AvgIpc) is 2.47. The minimum atomic E-state index is 0.718. The van der Waals surface area contributed by atoms with E-state index >= 15 is 0 Å². The van der Waals surface area contributed by atoms with Crippen molar-refractivity contribution >= 4 is 12.0 Å². The molecule has 2 aromatic rings. The van der Waals surface area contributed by atoms with E-state index in [2.05, 4.69) is 43.0 Å². The van der Waals surface area contributed by atoms with Gasteiger partial charge in [-0.1, -0.05) is 29.8 Å². The van der Waals surface area contributed by atoms with Crippen molar-refractivity contribution in [3.63, 3.8) is 0 Å². The van der Waals surface area contributed by atoms with E-state index in [1.54, 1.807) is 0 Å². The molecule has 0 bridgehead atoms. The standard InChI is InChI=1S/C17H19NO/c1-3-18(12-15-6-4-14(2)5-7-15)17-10-8-16(13-19)9-11-17/h4-11,13H,3,12H2,1-2H3. The second-order valence-corrected chi connectivity index (χ2v) is 4.71. The van der Waals surface area contributed by atoms with Gasteiger partial charge in [0.25, 0.3) is 0 Å². The maximum absolute atomic E-state index is 10.7. The SMILES string of the molecule is CCN(Cc1ccc(C)cc1)c1ccc(C=O)cc1. The fourth-order valence-electron chi connectivity index (χ4n) is 2.06. The van der Waals surface area contributed by atoms with Crippen LogP contribution < -0.4 is 4.90 Å². The number of benzene rings is 2. The molecule has 0 radical (unpaired) electrons. The van der Waals surface area contributed by atoms with Crippen molar-refractivity contribution in [3.05, 3.63) is 65.2 Å². The summed E-state index contributed by atoms with van der Waals surface area (Å²) < 4.78 is 0. The van der Waals surface area contributed by atoms with Crippen LogP contribution in [-0.4, -0.2) is 12.8 Å². The summed E-state index contributed by atoms with van der Waals surface area (Å²) >= 11 is 0. The normalized spacial score (nSPS) is 10.2. The smallest absolute Gasteiger partial charge is 0.150 e. The molecule has 0 aliphatic carbocycles. The van der Waals surface area contributed by atoms with E-state index in [0.717, 1.165) is 30.6 Å². The molecule has 0 spiro atoms. The Morgan fingerprint density at radius 3 is 2.16 bits per heavy atom. The van der Waals surface area contributed by atoms with E-state index in [-0.39, 0.29) is 0 Å². The Bertz CT molecular complexity index is 528. The first-order valence-electron chi connectivity index (χ1n) is 6.58. The minimum absolute atomic E-state index is 0.718. The predicted octanol–water partition coefficient (Wildman–Crippen LogP) is 3.83. The van der Waals surface area contributed by atoms with E-state index in [4.69, 9.17) is 0 Å². The van der Waals surface area contributed by atoms with Crippen LogP contribution in [-0.2, 0) is 6.54 Å². The summed E-state index contributed by atoms with van der Waals surface area (Å²) in [7, 11) is 0. The van der Waals surface area contributed by atoms with Crippen LogP contribution in [0.2, 0.25) is 0 Å². The number of aldehydes is 1. The lowest BCUT2D eigenvalue weighted by atomic mass is 10.1. The lowest BCUT2D eigenvalue weighted by Gasteiger charge is -2.23. The first kappa shape index (κ1) is 13.3.